The molecule has 1 fully saturated rings. The number of nitrogens with zero attached hydrogens (tertiary/aromatic N) is 1. The van der Waals surface area contributed by atoms with Crippen molar-refractivity contribution < 1.29 is 18.7 Å². The van der Waals surface area contributed by atoms with Gasteiger partial charge in [-0.2, -0.15) is 0 Å². The van der Waals surface area contributed by atoms with E-state index in [1.54, 1.807) is 36.3 Å². The molecule has 0 unspecified atom stereocenters. The van der Waals surface area contributed by atoms with Crippen LogP contribution in [0.25, 0.3) is 16.8 Å². The van der Waals surface area contributed by atoms with Gasteiger partial charge in [-0.05, 0) is 68.9 Å². The van der Waals surface area contributed by atoms with Crippen LogP contribution < -0.4 is 14.4 Å². The number of ether oxygens (including phenoxy) is 2. The molecule has 0 N–H and O–H groups in total. The Morgan fingerprint density at radius 2 is 1.81 bits per heavy atom. The first-order chi connectivity index (χ1) is 17.4. The van der Waals surface area contributed by atoms with E-state index in [4.69, 9.17) is 21.7 Å². The lowest BCUT2D eigenvalue weighted by Crippen LogP contribution is -2.27. The number of halogens is 2. The number of hydrogen-bond donors (Lipinski definition) is 0. The average Bonchev–Trinajstić information content (AvgIpc) is 3.15. The van der Waals surface area contributed by atoms with Gasteiger partial charge in [-0.15, -0.1) is 0 Å². The Morgan fingerprint density at radius 3 is 2.58 bits per heavy atom. The van der Waals surface area contributed by atoms with Gasteiger partial charge in [-0.3, -0.25) is 9.69 Å². The number of thiocarbonyl (C=S) groups is 1. The lowest BCUT2D eigenvalue weighted by Gasteiger charge is -2.17. The number of amides is 1. The summed E-state index contributed by atoms with van der Waals surface area (Å²) in [6.45, 7) is 0.248. The van der Waals surface area contributed by atoms with Gasteiger partial charge in [0.2, 0.25) is 0 Å². The van der Waals surface area contributed by atoms with Crippen molar-refractivity contribution in [1.29, 1.82) is 0 Å². The summed E-state index contributed by atoms with van der Waals surface area (Å²) in [7, 11) is 1.55. The van der Waals surface area contributed by atoms with Crippen LogP contribution in [0.4, 0.5) is 10.1 Å². The molecule has 0 radical (unpaired) electrons. The van der Waals surface area contributed by atoms with Crippen LogP contribution in [-0.4, -0.2) is 17.3 Å². The molecule has 0 atom stereocenters. The van der Waals surface area contributed by atoms with Crippen molar-refractivity contribution in [2.75, 3.05) is 12.0 Å². The van der Waals surface area contributed by atoms with Gasteiger partial charge in [-0.1, -0.05) is 72.5 Å². The lowest BCUT2D eigenvalue weighted by molar-refractivity contribution is -0.113. The summed E-state index contributed by atoms with van der Waals surface area (Å²) >= 11 is 10.4. The van der Waals surface area contributed by atoms with Crippen molar-refractivity contribution in [3.63, 3.8) is 0 Å². The highest BCUT2D eigenvalue weighted by Crippen LogP contribution is 2.41. The molecule has 0 aliphatic carbocycles. The van der Waals surface area contributed by atoms with Crippen molar-refractivity contribution in [3.8, 4) is 11.5 Å². The molecule has 4 aromatic carbocycles. The minimum Gasteiger partial charge on any atom is -0.493 e. The standard InChI is InChI=1S/C28H19BrFNO3S2/c1-33-24-14-18(13-22(29)26(24)34-16-17-9-11-20(30)12-10-17)15-25-27(32)31(28(35)36-25)23-8-4-6-19-5-2-3-7-21(19)23/h2-15H,16H2,1H3/b25-15-. The fraction of sp³-hybridized carbons (Fsp3) is 0.0714. The van der Waals surface area contributed by atoms with E-state index < -0.39 is 0 Å². The highest BCUT2D eigenvalue weighted by molar-refractivity contribution is 9.10. The summed E-state index contributed by atoms with van der Waals surface area (Å²) in [4.78, 5) is 15.5. The van der Waals surface area contributed by atoms with Gasteiger partial charge in [-0.25, -0.2) is 4.39 Å². The number of carbonyl (C=O) groups excluding carboxylic acids is 1. The summed E-state index contributed by atoms with van der Waals surface area (Å²) in [5.41, 5.74) is 2.35. The number of hydrogen-bond acceptors (Lipinski definition) is 5. The van der Waals surface area contributed by atoms with Crippen LogP contribution >= 0.6 is 39.9 Å². The van der Waals surface area contributed by atoms with E-state index in [1.165, 1.54) is 23.9 Å². The molecule has 4 aromatic rings. The number of anilines is 1. The van der Waals surface area contributed by atoms with Gasteiger partial charge in [0.15, 0.2) is 15.8 Å². The molecule has 1 amide bonds. The molecule has 1 heterocycles. The quantitative estimate of drug-likeness (QED) is 0.172. The first kappa shape index (κ1) is 24.5. The molecule has 8 heteroatoms. The molecular weight excluding hydrogens is 561 g/mol. The Balaban J connectivity index is 1.42. The van der Waals surface area contributed by atoms with Crippen LogP contribution in [0.3, 0.4) is 0 Å². The van der Waals surface area contributed by atoms with E-state index in [0.29, 0.717) is 25.2 Å². The van der Waals surface area contributed by atoms with Gasteiger partial charge in [0.05, 0.1) is 22.2 Å². The minimum atomic E-state index is -0.298. The number of thioether (sulfide) groups is 1. The van der Waals surface area contributed by atoms with Gasteiger partial charge in [0, 0.05) is 5.39 Å². The smallest absolute Gasteiger partial charge is 0.270 e. The average molecular weight is 581 g/mol. The minimum absolute atomic E-state index is 0.173. The Kier molecular flexibility index (Phi) is 7.09. The monoisotopic (exact) mass is 579 g/mol. The first-order valence-electron chi connectivity index (χ1n) is 10.9. The Morgan fingerprint density at radius 1 is 1.06 bits per heavy atom. The van der Waals surface area contributed by atoms with Crippen molar-refractivity contribution in [2.24, 2.45) is 0 Å². The maximum atomic E-state index is 13.4. The molecule has 1 saturated heterocycles. The molecule has 0 saturated carbocycles. The van der Waals surface area contributed by atoms with Gasteiger partial charge in [0.1, 0.15) is 12.4 Å². The van der Waals surface area contributed by atoms with Crippen molar-refractivity contribution >= 4 is 72.7 Å². The molecule has 1 aliphatic heterocycles. The Hall–Kier alpha value is -3.20. The highest BCUT2D eigenvalue weighted by Gasteiger charge is 2.34. The predicted octanol–water partition coefficient (Wildman–Crippen LogP) is 7.73. The normalized spacial score (nSPS) is 14.6. The third-order valence-corrected chi connectivity index (χ3v) is 7.54. The van der Waals surface area contributed by atoms with Crippen LogP contribution in [-0.2, 0) is 11.4 Å². The maximum absolute atomic E-state index is 13.4. The molecule has 5 rings (SSSR count). The van der Waals surface area contributed by atoms with E-state index in [0.717, 1.165) is 27.6 Å². The second kappa shape index (κ2) is 10.4. The summed E-state index contributed by atoms with van der Waals surface area (Å²) in [6, 6.07) is 23.5. The van der Waals surface area contributed by atoms with Crippen LogP contribution in [0, 0.1) is 5.82 Å². The number of carbonyl (C=O) groups is 1. The molecular formula is C28H19BrFNO3S2. The first-order valence-corrected chi connectivity index (χ1v) is 13.0. The van der Waals surface area contributed by atoms with Crippen molar-refractivity contribution in [3.05, 3.63) is 105 Å². The molecule has 4 nitrogen and oxygen atoms in total. The zero-order valence-corrected chi connectivity index (χ0v) is 22.3. The SMILES string of the molecule is COc1cc(/C=C2\SC(=S)N(c3cccc4ccccc34)C2=O)cc(Br)c1OCc1ccc(F)cc1. The number of fused-ring (bicyclic) bond motifs is 1. The second-order valence-electron chi connectivity index (χ2n) is 7.96. The maximum Gasteiger partial charge on any atom is 0.270 e. The van der Waals surface area contributed by atoms with Crippen LogP contribution in [0.15, 0.2) is 88.2 Å². The summed E-state index contributed by atoms with van der Waals surface area (Å²) in [5, 5.41) is 2.00. The Labute approximate surface area is 225 Å². The summed E-state index contributed by atoms with van der Waals surface area (Å²) < 4.78 is 25.8. The number of rotatable bonds is 6. The highest BCUT2D eigenvalue weighted by atomic mass is 79.9. The summed E-state index contributed by atoms with van der Waals surface area (Å²) in [5.74, 6) is 0.547. The second-order valence-corrected chi connectivity index (χ2v) is 10.5. The summed E-state index contributed by atoms with van der Waals surface area (Å²) in [6.07, 6.45) is 1.79. The number of methoxy groups -OCH3 is 1. The zero-order chi connectivity index (χ0) is 25.2. The Bertz CT molecular complexity index is 1520. The molecule has 0 spiro atoms. The zero-order valence-electron chi connectivity index (χ0n) is 19.0. The van der Waals surface area contributed by atoms with Crippen molar-refractivity contribution in [2.45, 2.75) is 6.61 Å². The predicted molar refractivity (Wildman–Crippen MR) is 151 cm³/mol. The van der Waals surface area contributed by atoms with Gasteiger partial charge in [0.25, 0.3) is 5.91 Å². The van der Waals surface area contributed by atoms with E-state index in [2.05, 4.69) is 15.9 Å². The molecule has 1 aliphatic rings. The van der Waals surface area contributed by atoms with E-state index in [9.17, 15) is 9.18 Å². The lowest BCUT2D eigenvalue weighted by atomic mass is 10.1. The van der Waals surface area contributed by atoms with Gasteiger partial charge >= 0.3 is 0 Å². The third kappa shape index (κ3) is 4.89. The van der Waals surface area contributed by atoms with Crippen LogP contribution in [0.5, 0.6) is 11.5 Å². The van der Waals surface area contributed by atoms with Crippen LogP contribution in [0.2, 0.25) is 0 Å². The topological polar surface area (TPSA) is 38.8 Å². The van der Waals surface area contributed by atoms with E-state index in [1.807, 2.05) is 48.5 Å². The molecule has 180 valence electrons. The third-order valence-electron chi connectivity index (χ3n) is 5.65. The van der Waals surface area contributed by atoms with Crippen LogP contribution in [0.1, 0.15) is 11.1 Å². The molecule has 0 bridgehead atoms. The van der Waals surface area contributed by atoms with E-state index >= 15 is 0 Å². The van der Waals surface area contributed by atoms with E-state index in [-0.39, 0.29) is 18.3 Å². The number of benzene rings is 4. The fourth-order valence-electron chi connectivity index (χ4n) is 3.93. The van der Waals surface area contributed by atoms with Gasteiger partial charge < -0.3 is 9.47 Å². The van der Waals surface area contributed by atoms with Crippen molar-refractivity contribution in [1.82, 2.24) is 0 Å². The fourth-order valence-corrected chi connectivity index (χ4v) is 5.79. The molecule has 0 aromatic heterocycles. The molecule has 36 heavy (non-hydrogen) atoms. The largest absolute Gasteiger partial charge is 0.493 e.